The molecule has 119 heavy (non-hydrogen) atoms. The lowest BCUT2D eigenvalue weighted by Crippen LogP contribution is -2.70. The van der Waals surface area contributed by atoms with E-state index in [9.17, 15) is 103 Å². The summed E-state index contributed by atoms with van der Waals surface area (Å²) in [4.78, 5) is 189. The first-order chi connectivity index (χ1) is 56.2. The fourth-order valence-electron chi connectivity index (χ4n) is 14.7. The van der Waals surface area contributed by atoms with E-state index in [0.29, 0.717) is 0 Å². The van der Waals surface area contributed by atoms with Gasteiger partial charge in [-0.1, -0.05) is 0 Å². The van der Waals surface area contributed by atoms with Crippen LogP contribution in [-0.4, -0.2) is 381 Å². The summed E-state index contributed by atoms with van der Waals surface area (Å²) in [5, 5.41) is 79.7. The third-order valence-corrected chi connectivity index (χ3v) is 18.7. The summed E-state index contributed by atoms with van der Waals surface area (Å²) in [7, 11) is 0. The normalized spacial score (nSPS) is 39.1. The van der Waals surface area contributed by atoms with Crippen LogP contribution in [0.1, 0.15) is 96.9 Å². The molecule has 21 rings (SSSR count). The second-order valence-corrected chi connectivity index (χ2v) is 27.8. The van der Waals surface area contributed by atoms with Gasteiger partial charge in [-0.3, -0.25) is 67.1 Å². The number of rotatable bonds is 21. The summed E-state index contributed by atoms with van der Waals surface area (Å²) in [5.74, 6) is -17.3. The van der Waals surface area contributed by atoms with Crippen LogP contribution in [0.4, 0.5) is 0 Å². The molecule has 21 heterocycles. The third-order valence-electron chi connectivity index (χ3n) is 18.7. The number of hydrogen-bond donors (Lipinski definition) is 7. The topological polar surface area (TPSA) is 639 Å². The zero-order chi connectivity index (χ0) is 88.0. The van der Waals surface area contributed by atoms with Crippen molar-refractivity contribution in [3.63, 3.8) is 0 Å². The molecule has 35 atom stereocenters. The molecule has 0 spiro atoms. The van der Waals surface area contributed by atoms with Gasteiger partial charge in [0.1, 0.15) is 85.5 Å². The highest BCUT2D eigenvalue weighted by atomic mass is 16.8. The van der Waals surface area contributed by atoms with Gasteiger partial charge >= 0.3 is 83.6 Å². The molecule has 21 fully saturated rings. The molecular weight excluding hydrogens is 1620 g/mol. The number of aliphatic hydroxyl groups excluding tert-OH is 7. The molecule has 0 saturated carbocycles. The fraction of sp³-hybridized carbons (Fsp3) is 0.800. The van der Waals surface area contributed by atoms with Gasteiger partial charge in [0.05, 0.1) is 46.2 Å². The van der Waals surface area contributed by atoms with Gasteiger partial charge in [-0.2, -0.15) is 0 Å². The van der Waals surface area contributed by atoms with Crippen LogP contribution in [-0.2, 0) is 200 Å². The Morgan fingerprint density at radius 1 is 0.160 bits per heavy atom. The molecule has 0 aromatic rings. The molecule has 49 nitrogen and oxygen atoms in total. The summed E-state index contributed by atoms with van der Waals surface area (Å²) in [5.41, 5.74) is 0. The van der Waals surface area contributed by atoms with E-state index in [2.05, 4.69) is 0 Å². The van der Waals surface area contributed by atoms with Crippen LogP contribution in [0.5, 0.6) is 0 Å². The number of aliphatic hydroxyl groups is 7. The van der Waals surface area contributed by atoms with Crippen LogP contribution in [0, 0.1) is 0 Å². The van der Waals surface area contributed by atoms with E-state index >= 15 is 0 Å². The highest BCUT2D eigenvalue weighted by Crippen LogP contribution is 2.44. The SMILES string of the molecule is CC(=O)OC1C2OC(CO)C(OC3OC(CO)C(OC4OC(CO)C(OC5OC(CO)C(OC6OC(CO)C(OC7OC(CO)C(OC8OC(CO)C(O2)C(OC(C)=O)C8OC(C)=O)C(OC(C)=O)C7OC(C)=O)C(OC(C)=O)C6OC(C)=O)C(OC(C)=O)C5OC(C)=O)C(OC(C)=O)C4OC(C)=O)C(OC(C)=O)C3OC(C)=O)C1OC(C)=O. The minimum Gasteiger partial charge on any atom is -0.455 e. The van der Waals surface area contributed by atoms with Crippen LogP contribution in [0.15, 0.2) is 0 Å². The lowest BCUT2D eigenvalue weighted by molar-refractivity contribution is -0.396. The van der Waals surface area contributed by atoms with Crippen LogP contribution >= 0.6 is 0 Å². The second-order valence-electron chi connectivity index (χ2n) is 27.8. The first-order valence-corrected chi connectivity index (χ1v) is 37.0. The predicted octanol–water partition coefficient (Wildman–Crippen LogP) is -7.24. The standard InChI is InChI=1S/C70H98O49/c1-22(78)92-50-43-36(15-71)106-64(57(50)99-29(8)85)114-44-37(16-72)108-66(59(101-31(10)87)51(44)93-23(2)79)116-46-39(18-74)110-68(61(103-33(12)89)53(46)95-25(4)81)118-48-41(20-76)112-70(63(105-35(14)91)55(48)97-27(6)83)119-49-42(21-77)111-69(62(104-34(13)90)56(49)98-28(7)84)117-47-40(19-75)109-67(60(102-32(11)88)54(47)96-26(5)82)115-45-38(17-73)107-65(113-43)58(100-30(9)86)52(45)94-24(3)80/h36-77H,15-21H2,1-14H3. The summed E-state index contributed by atoms with van der Waals surface area (Å²) in [6.07, 6.45) is -76.7. The van der Waals surface area contributed by atoms with Crippen LogP contribution in [0.3, 0.4) is 0 Å². The molecule has 0 radical (unpaired) electrons. The Bertz CT molecular complexity index is 2930. The molecule has 14 bridgehead atoms. The van der Waals surface area contributed by atoms with Crippen molar-refractivity contribution >= 4 is 83.6 Å². The van der Waals surface area contributed by atoms with Gasteiger partial charge in [-0.15, -0.1) is 0 Å². The number of ether oxygens (including phenoxy) is 28. The molecule has 672 valence electrons. The van der Waals surface area contributed by atoms with Crippen molar-refractivity contribution in [2.75, 3.05) is 46.2 Å². The van der Waals surface area contributed by atoms with E-state index in [-0.39, 0.29) is 0 Å². The van der Waals surface area contributed by atoms with Gasteiger partial charge < -0.3 is 168 Å². The molecule has 21 saturated heterocycles. The number of carbonyl (C=O) groups excluding carboxylic acids is 14. The minimum absolute atomic E-state index is 0.827. The highest BCUT2D eigenvalue weighted by molar-refractivity contribution is 5.72. The van der Waals surface area contributed by atoms with Crippen LogP contribution < -0.4 is 0 Å². The molecule has 0 amide bonds. The van der Waals surface area contributed by atoms with E-state index in [1.165, 1.54) is 0 Å². The Morgan fingerprint density at radius 3 is 0.319 bits per heavy atom. The van der Waals surface area contributed by atoms with Crippen molar-refractivity contribution in [3.05, 3.63) is 0 Å². The minimum atomic E-state index is -2.32. The summed E-state index contributed by atoms with van der Waals surface area (Å²) in [6, 6.07) is 0. The Kier molecular flexibility index (Phi) is 34.8. The quantitative estimate of drug-likeness (QED) is 0.0415. The Labute approximate surface area is 675 Å². The largest absolute Gasteiger partial charge is 0.455 e. The molecule has 7 N–H and O–H groups in total. The van der Waals surface area contributed by atoms with Gasteiger partial charge in [0.2, 0.25) is 0 Å². The van der Waals surface area contributed by atoms with Crippen molar-refractivity contribution < 1.29 is 236 Å². The maximum absolute atomic E-state index is 13.5. The number of hydrogen-bond acceptors (Lipinski definition) is 49. The predicted molar refractivity (Wildman–Crippen MR) is 362 cm³/mol. The number of esters is 14. The number of carbonyl (C=O) groups is 14. The molecule has 0 aliphatic carbocycles. The van der Waals surface area contributed by atoms with Crippen molar-refractivity contribution in [1.29, 1.82) is 0 Å². The average molecular weight is 1720 g/mol. The van der Waals surface area contributed by atoms with Crippen LogP contribution in [0.25, 0.3) is 0 Å². The average Bonchev–Trinajstić information content (AvgIpc) is 0.794. The molecular formula is C70H98O49. The summed E-state index contributed by atoms with van der Waals surface area (Å²) >= 11 is 0. The first-order valence-electron chi connectivity index (χ1n) is 37.0. The molecule has 21 aliphatic heterocycles. The van der Waals surface area contributed by atoms with E-state index < -0.39 is 345 Å². The smallest absolute Gasteiger partial charge is 0.303 e. The molecule has 0 aromatic carbocycles. The van der Waals surface area contributed by atoms with E-state index in [1.54, 1.807) is 0 Å². The lowest BCUT2D eigenvalue weighted by atomic mass is 9.94. The van der Waals surface area contributed by atoms with E-state index in [4.69, 9.17) is 133 Å². The maximum Gasteiger partial charge on any atom is 0.303 e. The Balaban J connectivity index is 1.39. The molecule has 49 heteroatoms. The van der Waals surface area contributed by atoms with Gasteiger partial charge in [0.15, 0.2) is 129 Å². The highest BCUT2D eigenvalue weighted by Gasteiger charge is 2.65. The third kappa shape index (κ3) is 24.1. The van der Waals surface area contributed by atoms with Gasteiger partial charge in [-0.25, -0.2) is 0 Å². The molecule has 21 aliphatic rings. The van der Waals surface area contributed by atoms with E-state index in [1.807, 2.05) is 0 Å². The first kappa shape index (κ1) is 96.2. The van der Waals surface area contributed by atoms with E-state index in [0.717, 1.165) is 96.9 Å². The lowest BCUT2D eigenvalue weighted by Gasteiger charge is -2.51. The monoisotopic (exact) mass is 1720 g/mol. The second kappa shape index (κ2) is 43.0. The van der Waals surface area contributed by atoms with Gasteiger partial charge in [0, 0.05) is 96.9 Å². The molecule has 0 aromatic heterocycles. The van der Waals surface area contributed by atoms with Crippen molar-refractivity contribution in [2.45, 2.75) is 312 Å². The van der Waals surface area contributed by atoms with Crippen molar-refractivity contribution in [2.24, 2.45) is 0 Å². The fourth-order valence-corrected chi connectivity index (χ4v) is 14.7. The Morgan fingerprint density at radius 2 is 0.244 bits per heavy atom. The van der Waals surface area contributed by atoms with Crippen LogP contribution in [0.2, 0.25) is 0 Å². The van der Waals surface area contributed by atoms with Gasteiger partial charge in [0.25, 0.3) is 0 Å². The summed E-state index contributed by atoms with van der Waals surface area (Å²) in [6.45, 7) is 2.68. The Hall–Kier alpha value is -8.26. The van der Waals surface area contributed by atoms with Gasteiger partial charge in [-0.05, 0) is 0 Å². The van der Waals surface area contributed by atoms with Crippen molar-refractivity contribution in [3.8, 4) is 0 Å². The zero-order valence-corrected chi connectivity index (χ0v) is 66.4. The zero-order valence-electron chi connectivity index (χ0n) is 66.4. The summed E-state index contributed by atoms with van der Waals surface area (Å²) < 4.78 is 170. The maximum atomic E-state index is 13.5. The van der Waals surface area contributed by atoms with Crippen molar-refractivity contribution in [1.82, 2.24) is 0 Å². The molecule has 35 unspecified atom stereocenters.